The van der Waals surface area contributed by atoms with Crippen LogP contribution in [0.2, 0.25) is 0 Å². The number of nitrogens with zero attached hydrogens (tertiary/aromatic N) is 2. The molecule has 176 valence electrons. The van der Waals surface area contributed by atoms with E-state index in [1.165, 1.54) is 4.31 Å². The van der Waals surface area contributed by atoms with Crippen LogP contribution in [0.1, 0.15) is 44.7 Å². The van der Waals surface area contributed by atoms with Crippen molar-refractivity contribution >= 4 is 33.2 Å². The number of carbonyl (C=O) groups is 2. The molecule has 0 spiro atoms. The monoisotopic (exact) mass is 469 g/mol. The number of sulfonamides is 1. The number of likely N-dealkylation sites (N-methyl/N-ethyl adjacent to an activating group) is 1. The van der Waals surface area contributed by atoms with Gasteiger partial charge in [0.2, 0.25) is 21.8 Å². The lowest BCUT2D eigenvalue weighted by Gasteiger charge is -2.31. The van der Waals surface area contributed by atoms with E-state index >= 15 is 0 Å². The highest BCUT2D eigenvalue weighted by Gasteiger charge is 2.43. The summed E-state index contributed by atoms with van der Waals surface area (Å²) in [5.74, 6) is -0.642. The zero-order valence-electron chi connectivity index (χ0n) is 19.6. The minimum Gasteiger partial charge on any atom is -0.326 e. The summed E-state index contributed by atoms with van der Waals surface area (Å²) in [5, 5.41) is 2.95. The number of hydrogen-bond acceptors (Lipinski definition) is 4. The highest BCUT2D eigenvalue weighted by Crippen LogP contribution is 2.42. The van der Waals surface area contributed by atoms with Crippen LogP contribution >= 0.6 is 0 Å². The smallest absolute Gasteiger partial charge is 0.243 e. The van der Waals surface area contributed by atoms with Crippen LogP contribution in [0.25, 0.3) is 0 Å². The van der Waals surface area contributed by atoms with Gasteiger partial charge in [-0.2, -0.15) is 4.31 Å². The number of aryl methyl sites for hydroxylation is 1. The maximum Gasteiger partial charge on any atom is 0.243 e. The molecule has 2 aromatic rings. The van der Waals surface area contributed by atoms with Crippen LogP contribution in [0, 0.1) is 5.92 Å². The van der Waals surface area contributed by atoms with Crippen molar-refractivity contribution in [3.8, 4) is 0 Å². The van der Waals surface area contributed by atoms with Crippen molar-refractivity contribution in [3.63, 3.8) is 0 Å². The molecule has 33 heavy (non-hydrogen) atoms. The molecule has 2 amide bonds. The lowest BCUT2D eigenvalue weighted by molar-refractivity contribution is -0.122. The zero-order chi connectivity index (χ0) is 24.0. The summed E-state index contributed by atoms with van der Waals surface area (Å²) in [6, 6.07) is 12.6. The van der Waals surface area contributed by atoms with Gasteiger partial charge in [-0.1, -0.05) is 19.1 Å². The Bertz CT molecular complexity index is 1210. The van der Waals surface area contributed by atoms with Gasteiger partial charge in [0.15, 0.2) is 0 Å². The van der Waals surface area contributed by atoms with E-state index in [0.717, 1.165) is 23.4 Å². The van der Waals surface area contributed by atoms with Gasteiger partial charge in [0, 0.05) is 31.5 Å². The molecule has 2 aliphatic heterocycles. The lowest BCUT2D eigenvalue weighted by atomic mass is 9.86. The SMILES string of the molecule is CCc1cccc(NC(=O)[C@H]2CCCN(S(=O)(=O)c3ccc4c(c3)C(C)(C)C(=O)N4C)C2)c1. The summed E-state index contributed by atoms with van der Waals surface area (Å²) in [6.07, 6.45) is 2.13. The third-order valence-electron chi connectivity index (χ3n) is 6.84. The number of fused-ring (bicyclic) bond motifs is 1. The Morgan fingerprint density at radius 1 is 1.18 bits per heavy atom. The van der Waals surface area contributed by atoms with E-state index < -0.39 is 21.4 Å². The van der Waals surface area contributed by atoms with Crippen molar-refractivity contribution < 1.29 is 18.0 Å². The molecule has 8 heteroatoms. The Kier molecular flexibility index (Phi) is 6.09. The number of anilines is 2. The van der Waals surface area contributed by atoms with Crippen LogP contribution in [0.15, 0.2) is 47.4 Å². The number of nitrogens with one attached hydrogen (secondary N) is 1. The molecule has 7 nitrogen and oxygen atoms in total. The second-order valence-corrected chi connectivity index (χ2v) is 11.4. The van der Waals surface area contributed by atoms with Gasteiger partial charge < -0.3 is 10.2 Å². The summed E-state index contributed by atoms with van der Waals surface area (Å²) in [6.45, 7) is 6.18. The van der Waals surface area contributed by atoms with E-state index in [-0.39, 0.29) is 23.3 Å². The first-order valence-corrected chi connectivity index (χ1v) is 12.8. The normalized spacial score (nSPS) is 20.5. The van der Waals surface area contributed by atoms with Crippen LogP contribution in [0.4, 0.5) is 11.4 Å². The Hall–Kier alpha value is -2.71. The molecule has 2 heterocycles. The van der Waals surface area contributed by atoms with Crippen molar-refractivity contribution in [1.29, 1.82) is 0 Å². The number of hydrogen-bond donors (Lipinski definition) is 1. The Labute approximate surface area is 195 Å². The van der Waals surface area contributed by atoms with Gasteiger partial charge in [-0.15, -0.1) is 0 Å². The predicted octanol–water partition coefficient (Wildman–Crippen LogP) is 3.54. The molecule has 0 radical (unpaired) electrons. The zero-order valence-corrected chi connectivity index (χ0v) is 20.4. The Morgan fingerprint density at radius 2 is 1.94 bits per heavy atom. The summed E-state index contributed by atoms with van der Waals surface area (Å²) in [4.78, 5) is 27.2. The highest BCUT2D eigenvalue weighted by molar-refractivity contribution is 7.89. The molecule has 1 atom stereocenters. The molecule has 0 unspecified atom stereocenters. The maximum atomic E-state index is 13.5. The average molecular weight is 470 g/mol. The van der Waals surface area contributed by atoms with E-state index in [2.05, 4.69) is 12.2 Å². The van der Waals surface area contributed by atoms with E-state index in [9.17, 15) is 18.0 Å². The molecule has 2 aliphatic rings. The van der Waals surface area contributed by atoms with Gasteiger partial charge in [-0.3, -0.25) is 9.59 Å². The first kappa shape index (κ1) is 23.4. The van der Waals surface area contributed by atoms with E-state index in [1.54, 1.807) is 30.1 Å². The fraction of sp³-hybridized carbons (Fsp3) is 0.440. The number of rotatable bonds is 5. The summed E-state index contributed by atoms with van der Waals surface area (Å²) >= 11 is 0. The summed E-state index contributed by atoms with van der Waals surface area (Å²) in [5.41, 5.74) is 2.51. The van der Waals surface area contributed by atoms with Crippen LogP contribution in [0.3, 0.4) is 0 Å². The van der Waals surface area contributed by atoms with E-state index in [0.29, 0.717) is 24.9 Å². The van der Waals surface area contributed by atoms with Crippen molar-refractivity contribution in [1.82, 2.24) is 4.31 Å². The van der Waals surface area contributed by atoms with Gasteiger partial charge >= 0.3 is 0 Å². The van der Waals surface area contributed by atoms with Crippen molar-refractivity contribution in [2.24, 2.45) is 5.92 Å². The molecule has 0 aromatic heterocycles. The molecule has 2 aromatic carbocycles. The van der Waals surface area contributed by atoms with E-state index in [1.807, 2.05) is 38.1 Å². The van der Waals surface area contributed by atoms with Gasteiger partial charge in [-0.05, 0) is 74.6 Å². The number of carbonyl (C=O) groups excluding carboxylic acids is 2. The molecule has 4 rings (SSSR count). The predicted molar refractivity (Wildman–Crippen MR) is 129 cm³/mol. The molecule has 1 saturated heterocycles. The van der Waals surface area contributed by atoms with Crippen molar-refractivity contribution in [3.05, 3.63) is 53.6 Å². The average Bonchev–Trinajstić information content (AvgIpc) is 2.99. The van der Waals surface area contributed by atoms with Crippen LogP contribution in [-0.2, 0) is 31.4 Å². The topological polar surface area (TPSA) is 86.8 Å². The standard InChI is InChI=1S/C25H31N3O4S/c1-5-17-8-6-10-19(14-17)26-23(29)18-9-7-13-28(16-18)33(31,32)20-11-12-22-21(15-20)25(2,3)24(30)27(22)4/h6,8,10-12,14-15,18H,5,7,9,13,16H2,1-4H3,(H,26,29)/t18-/m0/s1. The van der Waals surface area contributed by atoms with Crippen LogP contribution < -0.4 is 10.2 Å². The number of piperidine rings is 1. The largest absolute Gasteiger partial charge is 0.326 e. The Morgan fingerprint density at radius 3 is 2.67 bits per heavy atom. The second kappa shape index (κ2) is 8.57. The van der Waals surface area contributed by atoms with Crippen molar-refractivity contribution in [2.75, 3.05) is 30.4 Å². The first-order valence-electron chi connectivity index (χ1n) is 11.4. The maximum absolute atomic E-state index is 13.5. The molecule has 0 saturated carbocycles. The molecule has 0 bridgehead atoms. The quantitative estimate of drug-likeness (QED) is 0.726. The third kappa shape index (κ3) is 4.17. The molecule has 0 aliphatic carbocycles. The van der Waals surface area contributed by atoms with Gasteiger partial charge in [0.05, 0.1) is 16.2 Å². The van der Waals surface area contributed by atoms with Crippen LogP contribution in [0.5, 0.6) is 0 Å². The first-order chi connectivity index (χ1) is 15.6. The van der Waals surface area contributed by atoms with Crippen molar-refractivity contribution in [2.45, 2.75) is 50.3 Å². The Balaban J connectivity index is 1.54. The van der Waals surface area contributed by atoms with Gasteiger partial charge in [0.25, 0.3) is 0 Å². The number of benzene rings is 2. The summed E-state index contributed by atoms with van der Waals surface area (Å²) in [7, 11) is -2.09. The minimum atomic E-state index is -3.80. The van der Waals surface area contributed by atoms with Crippen LogP contribution in [-0.4, -0.2) is 44.7 Å². The molecule has 1 fully saturated rings. The second-order valence-electron chi connectivity index (χ2n) is 9.41. The summed E-state index contributed by atoms with van der Waals surface area (Å²) < 4.78 is 28.3. The van der Waals surface area contributed by atoms with E-state index in [4.69, 9.17) is 0 Å². The fourth-order valence-corrected chi connectivity index (χ4v) is 6.30. The highest BCUT2D eigenvalue weighted by atomic mass is 32.2. The third-order valence-corrected chi connectivity index (χ3v) is 8.70. The minimum absolute atomic E-state index is 0.0612. The molecular weight excluding hydrogens is 438 g/mol. The lowest BCUT2D eigenvalue weighted by Crippen LogP contribution is -2.43. The molecule has 1 N–H and O–H groups in total. The van der Waals surface area contributed by atoms with Gasteiger partial charge in [-0.25, -0.2) is 8.42 Å². The number of amides is 2. The van der Waals surface area contributed by atoms with Gasteiger partial charge in [0.1, 0.15) is 0 Å². The fourth-order valence-electron chi connectivity index (χ4n) is 4.75. The molecular formula is C25H31N3O4S.